The van der Waals surface area contributed by atoms with Gasteiger partial charge in [-0.05, 0) is 5.92 Å². The van der Waals surface area contributed by atoms with Gasteiger partial charge < -0.3 is 9.64 Å². The molecule has 1 aliphatic rings. The van der Waals surface area contributed by atoms with Crippen molar-refractivity contribution in [2.75, 3.05) is 46.4 Å². The van der Waals surface area contributed by atoms with Crippen molar-refractivity contribution in [2.45, 2.75) is 20.3 Å². The quantitative estimate of drug-likeness (QED) is 0.698. The van der Waals surface area contributed by atoms with Crippen LogP contribution in [0.2, 0.25) is 0 Å². The predicted molar refractivity (Wildman–Crippen MR) is 64.4 cm³/mol. The fourth-order valence-electron chi connectivity index (χ4n) is 1.75. The van der Waals surface area contributed by atoms with Crippen molar-refractivity contribution in [1.29, 1.82) is 0 Å². The Hall–Kier alpha value is -0.610. The van der Waals surface area contributed by atoms with E-state index in [1.165, 1.54) is 0 Å². The van der Waals surface area contributed by atoms with E-state index in [9.17, 15) is 4.79 Å². The van der Waals surface area contributed by atoms with Crippen LogP contribution in [0, 0.1) is 5.92 Å². The highest BCUT2D eigenvalue weighted by Crippen LogP contribution is 2.03. The normalized spacial score (nSPS) is 17.8. The second-order valence-electron chi connectivity index (χ2n) is 4.87. The van der Waals surface area contributed by atoms with Gasteiger partial charge >= 0.3 is 0 Å². The van der Waals surface area contributed by atoms with Crippen molar-refractivity contribution in [1.82, 2.24) is 9.80 Å². The summed E-state index contributed by atoms with van der Waals surface area (Å²) in [5.41, 5.74) is 0. The van der Waals surface area contributed by atoms with Gasteiger partial charge in [-0.25, -0.2) is 0 Å². The Morgan fingerprint density at radius 2 is 2.00 bits per heavy atom. The molecule has 0 aromatic rings. The SMILES string of the molecule is CC(C)CC(=O)N(C)CCN1CCOCC1. The van der Waals surface area contributed by atoms with Crippen LogP contribution in [0.5, 0.6) is 0 Å². The molecule has 1 saturated heterocycles. The molecule has 1 aliphatic heterocycles. The van der Waals surface area contributed by atoms with Gasteiger partial charge in [0.1, 0.15) is 0 Å². The standard InChI is InChI=1S/C12H24N2O2/c1-11(2)10-12(15)13(3)4-5-14-6-8-16-9-7-14/h11H,4-10H2,1-3H3. The fourth-order valence-corrected chi connectivity index (χ4v) is 1.75. The van der Waals surface area contributed by atoms with Crippen LogP contribution in [0.1, 0.15) is 20.3 Å². The number of amides is 1. The number of nitrogens with zero attached hydrogens (tertiary/aromatic N) is 2. The van der Waals surface area contributed by atoms with E-state index in [1.54, 1.807) is 0 Å². The minimum atomic E-state index is 0.253. The van der Waals surface area contributed by atoms with E-state index in [4.69, 9.17) is 4.74 Å². The van der Waals surface area contributed by atoms with Crippen LogP contribution < -0.4 is 0 Å². The molecule has 0 aliphatic carbocycles. The second kappa shape index (κ2) is 6.86. The Labute approximate surface area is 98.5 Å². The van der Waals surface area contributed by atoms with Gasteiger partial charge in [-0.2, -0.15) is 0 Å². The summed E-state index contributed by atoms with van der Waals surface area (Å²) in [4.78, 5) is 15.9. The molecule has 0 aromatic heterocycles. The Morgan fingerprint density at radius 3 is 2.56 bits per heavy atom. The van der Waals surface area contributed by atoms with Crippen LogP contribution in [-0.2, 0) is 9.53 Å². The van der Waals surface area contributed by atoms with Crippen LogP contribution in [0.15, 0.2) is 0 Å². The molecule has 4 nitrogen and oxygen atoms in total. The number of carbonyl (C=O) groups excluding carboxylic acids is 1. The van der Waals surface area contributed by atoms with Gasteiger partial charge in [-0.3, -0.25) is 9.69 Å². The van der Waals surface area contributed by atoms with Gasteiger partial charge in [0.2, 0.25) is 5.91 Å². The number of hydrogen-bond donors (Lipinski definition) is 0. The number of hydrogen-bond acceptors (Lipinski definition) is 3. The van der Waals surface area contributed by atoms with Crippen molar-refractivity contribution in [3.63, 3.8) is 0 Å². The maximum atomic E-state index is 11.7. The number of ether oxygens (including phenoxy) is 1. The lowest BCUT2D eigenvalue weighted by Crippen LogP contribution is -2.42. The first-order valence-corrected chi connectivity index (χ1v) is 6.13. The molecule has 0 radical (unpaired) electrons. The Balaban J connectivity index is 2.17. The molecule has 1 amide bonds. The molecular formula is C12H24N2O2. The van der Waals surface area contributed by atoms with E-state index in [-0.39, 0.29) is 5.91 Å². The Bertz CT molecular complexity index is 213. The van der Waals surface area contributed by atoms with Gasteiger partial charge in [0.05, 0.1) is 13.2 Å². The molecular weight excluding hydrogens is 204 g/mol. The molecule has 0 aromatic carbocycles. The first-order valence-electron chi connectivity index (χ1n) is 6.13. The number of morpholine rings is 1. The largest absolute Gasteiger partial charge is 0.379 e. The van der Waals surface area contributed by atoms with Crippen LogP contribution in [-0.4, -0.2) is 62.1 Å². The van der Waals surface area contributed by atoms with E-state index >= 15 is 0 Å². The molecule has 1 heterocycles. The minimum absolute atomic E-state index is 0.253. The lowest BCUT2D eigenvalue weighted by atomic mass is 10.1. The highest BCUT2D eigenvalue weighted by Gasteiger charge is 2.14. The zero-order valence-corrected chi connectivity index (χ0v) is 10.7. The molecule has 0 spiro atoms. The van der Waals surface area contributed by atoms with Gasteiger partial charge in [-0.1, -0.05) is 13.8 Å². The summed E-state index contributed by atoms with van der Waals surface area (Å²) in [7, 11) is 1.89. The lowest BCUT2D eigenvalue weighted by Gasteiger charge is -2.28. The molecule has 0 bridgehead atoms. The summed E-state index contributed by atoms with van der Waals surface area (Å²) >= 11 is 0. The van der Waals surface area contributed by atoms with Gasteiger partial charge in [0.25, 0.3) is 0 Å². The third-order valence-electron chi connectivity index (χ3n) is 2.86. The molecule has 0 N–H and O–H groups in total. The topological polar surface area (TPSA) is 32.8 Å². The fraction of sp³-hybridized carbons (Fsp3) is 0.917. The molecule has 1 fully saturated rings. The van der Waals surface area contributed by atoms with E-state index < -0.39 is 0 Å². The van der Waals surface area contributed by atoms with E-state index in [1.807, 2.05) is 11.9 Å². The number of likely N-dealkylation sites (N-methyl/N-ethyl adjacent to an activating group) is 1. The molecule has 0 saturated carbocycles. The second-order valence-corrected chi connectivity index (χ2v) is 4.87. The van der Waals surface area contributed by atoms with Gasteiger partial charge in [0, 0.05) is 39.6 Å². The predicted octanol–water partition coefficient (Wildman–Crippen LogP) is 0.823. The van der Waals surface area contributed by atoms with E-state index in [0.29, 0.717) is 12.3 Å². The van der Waals surface area contributed by atoms with Crippen molar-refractivity contribution >= 4 is 5.91 Å². The third-order valence-corrected chi connectivity index (χ3v) is 2.86. The minimum Gasteiger partial charge on any atom is -0.379 e. The molecule has 94 valence electrons. The summed E-state index contributed by atoms with van der Waals surface area (Å²) < 4.78 is 5.28. The number of carbonyl (C=O) groups is 1. The highest BCUT2D eigenvalue weighted by molar-refractivity contribution is 5.76. The van der Waals surface area contributed by atoms with Crippen molar-refractivity contribution in [2.24, 2.45) is 5.92 Å². The third kappa shape index (κ3) is 4.94. The summed E-state index contributed by atoms with van der Waals surface area (Å²) in [5, 5.41) is 0. The van der Waals surface area contributed by atoms with Crippen LogP contribution in [0.4, 0.5) is 0 Å². The van der Waals surface area contributed by atoms with Crippen molar-refractivity contribution in [3.8, 4) is 0 Å². The van der Waals surface area contributed by atoms with Crippen LogP contribution in [0.25, 0.3) is 0 Å². The Morgan fingerprint density at radius 1 is 1.38 bits per heavy atom. The maximum Gasteiger partial charge on any atom is 0.222 e. The molecule has 0 atom stereocenters. The highest BCUT2D eigenvalue weighted by atomic mass is 16.5. The zero-order valence-electron chi connectivity index (χ0n) is 10.7. The summed E-state index contributed by atoms with van der Waals surface area (Å²) in [6, 6.07) is 0. The molecule has 0 unspecified atom stereocenters. The zero-order chi connectivity index (χ0) is 12.0. The van der Waals surface area contributed by atoms with Crippen LogP contribution >= 0.6 is 0 Å². The first kappa shape index (κ1) is 13.5. The lowest BCUT2D eigenvalue weighted by molar-refractivity contribution is -0.130. The van der Waals surface area contributed by atoms with Crippen molar-refractivity contribution in [3.05, 3.63) is 0 Å². The molecule has 16 heavy (non-hydrogen) atoms. The van der Waals surface area contributed by atoms with Gasteiger partial charge in [0.15, 0.2) is 0 Å². The average Bonchev–Trinajstić information content (AvgIpc) is 2.26. The number of rotatable bonds is 5. The Kier molecular flexibility index (Phi) is 5.77. The molecule has 4 heteroatoms. The summed E-state index contributed by atoms with van der Waals surface area (Å²) in [6.45, 7) is 9.57. The van der Waals surface area contributed by atoms with Crippen molar-refractivity contribution < 1.29 is 9.53 Å². The summed E-state index contributed by atoms with van der Waals surface area (Å²) in [5.74, 6) is 0.696. The van der Waals surface area contributed by atoms with Crippen LogP contribution in [0.3, 0.4) is 0 Å². The van der Waals surface area contributed by atoms with E-state index in [0.717, 1.165) is 39.4 Å². The van der Waals surface area contributed by atoms with E-state index in [2.05, 4.69) is 18.7 Å². The van der Waals surface area contributed by atoms with Gasteiger partial charge in [-0.15, -0.1) is 0 Å². The maximum absolute atomic E-state index is 11.7. The summed E-state index contributed by atoms with van der Waals surface area (Å²) in [6.07, 6.45) is 0.652. The molecule has 1 rings (SSSR count). The monoisotopic (exact) mass is 228 g/mol. The average molecular weight is 228 g/mol. The smallest absolute Gasteiger partial charge is 0.222 e. The first-order chi connectivity index (χ1) is 7.59.